The molecule has 0 aromatic carbocycles. The Morgan fingerprint density at radius 2 is 2.47 bits per heavy atom. The van der Waals surface area contributed by atoms with E-state index in [0.717, 1.165) is 0 Å². The summed E-state index contributed by atoms with van der Waals surface area (Å²) in [5.74, 6) is -0.250. The molecule has 1 amide bonds. The number of aromatic nitrogens is 2. The minimum absolute atomic E-state index is 0.250. The van der Waals surface area contributed by atoms with Gasteiger partial charge in [0.2, 0.25) is 5.60 Å². The number of hydrogen-bond donors (Lipinski definition) is 2. The average Bonchev–Trinajstić information content (AvgIpc) is 2.38. The van der Waals surface area contributed by atoms with Crippen LogP contribution >= 0.6 is 11.6 Å². The van der Waals surface area contributed by atoms with Crippen LogP contribution in [0.25, 0.3) is 0 Å². The molecule has 2 N–H and O–H groups in total. The molecule has 1 aromatic rings. The first-order chi connectivity index (χ1) is 8.19. The Morgan fingerprint density at radius 3 is 3.06 bits per heavy atom. The van der Waals surface area contributed by atoms with Gasteiger partial charge in [-0.3, -0.25) is 4.79 Å². The number of morpholine rings is 1. The highest BCUT2D eigenvalue weighted by atomic mass is 35.5. The van der Waals surface area contributed by atoms with Crippen LogP contribution < -0.4 is 10.6 Å². The van der Waals surface area contributed by atoms with Gasteiger partial charge in [0.1, 0.15) is 11.5 Å². The van der Waals surface area contributed by atoms with E-state index in [0.29, 0.717) is 25.4 Å². The lowest BCUT2D eigenvalue weighted by Gasteiger charge is -2.35. The van der Waals surface area contributed by atoms with Crippen molar-refractivity contribution in [3.63, 3.8) is 0 Å². The third-order valence-corrected chi connectivity index (χ3v) is 2.85. The number of carbonyl (C=O) groups excluding carboxylic acids is 1. The molecule has 0 radical (unpaired) electrons. The van der Waals surface area contributed by atoms with E-state index in [2.05, 4.69) is 20.6 Å². The molecule has 1 fully saturated rings. The Hall–Kier alpha value is -1.24. The van der Waals surface area contributed by atoms with Gasteiger partial charge in [0, 0.05) is 26.2 Å². The second-order valence-electron chi connectivity index (χ2n) is 3.66. The van der Waals surface area contributed by atoms with E-state index in [-0.39, 0.29) is 11.1 Å². The fraction of sp³-hybridized carbons (Fsp3) is 0.500. The number of ether oxygens (including phenoxy) is 1. The molecule has 2 heterocycles. The number of carbonyl (C=O) groups is 1. The maximum atomic E-state index is 12.0. The molecule has 0 bridgehead atoms. The van der Waals surface area contributed by atoms with Crippen molar-refractivity contribution < 1.29 is 9.53 Å². The molecule has 1 atom stereocenters. The van der Waals surface area contributed by atoms with Gasteiger partial charge in [-0.1, -0.05) is 11.6 Å². The van der Waals surface area contributed by atoms with Crippen molar-refractivity contribution in [2.75, 3.05) is 26.7 Å². The van der Waals surface area contributed by atoms with Crippen LogP contribution in [0.1, 0.15) is 5.69 Å². The normalized spacial score (nSPS) is 24.4. The minimum atomic E-state index is -1.13. The van der Waals surface area contributed by atoms with Crippen LogP contribution in [0.4, 0.5) is 0 Å². The number of nitrogens with zero attached hydrogens (tertiary/aromatic N) is 2. The van der Waals surface area contributed by atoms with Crippen molar-refractivity contribution >= 4 is 17.5 Å². The first kappa shape index (κ1) is 12.2. The zero-order valence-electron chi connectivity index (χ0n) is 9.36. The molecular formula is C10H13ClN4O2. The SMILES string of the molecule is CNC(=O)C1(c2cc(Cl)ncn2)CNCCO1. The largest absolute Gasteiger partial charge is 0.356 e. The second kappa shape index (κ2) is 4.95. The zero-order valence-corrected chi connectivity index (χ0v) is 10.1. The lowest BCUT2D eigenvalue weighted by molar-refractivity contribution is -0.152. The van der Waals surface area contributed by atoms with Crippen LogP contribution in [-0.2, 0) is 15.1 Å². The van der Waals surface area contributed by atoms with Gasteiger partial charge in [0.05, 0.1) is 12.3 Å². The highest BCUT2D eigenvalue weighted by Gasteiger charge is 2.44. The number of nitrogens with one attached hydrogen (secondary N) is 2. The van der Waals surface area contributed by atoms with Gasteiger partial charge in [0.15, 0.2) is 0 Å². The van der Waals surface area contributed by atoms with E-state index in [1.807, 2.05) is 0 Å². The van der Waals surface area contributed by atoms with Gasteiger partial charge in [-0.15, -0.1) is 0 Å². The summed E-state index contributed by atoms with van der Waals surface area (Å²) in [6.07, 6.45) is 1.32. The molecule has 1 aliphatic rings. The Bertz CT molecular complexity index is 421. The molecule has 1 aliphatic heterocycles. The van der Waals surface area contributed by atoms with E-state index < -0.39 is 5.60 Å². The van der Waals surface area contributed by atoms with Gasteiger partial charge >= 0.3 is 0 Å². The molecule has 17 heavy (non-hydrogen) atoms. The van der Waals surface area contributed by atoms with Gasteiger partial charge in [-0.05, 0) is 0 Å². The molecule has 6 nitrogen and oxygen atoms in total. The van der Waals surface area contributed by atoms with Crippen LogP contribution in [0.15, 0.2) is 12.4 Å². The number of rotatable bonds is 2. The monoisotopic (exact) mass is 256 g/mol. The minimum Gasteiger partial charge on any atom is -0.356 e. The lowest BCUT2D eigenvalue weighted by atomic mass is 9.96. The topological polar surface area (TPSA) is 76.1 Å². The van der Waals surface area contributed by atoms with E-state index in [4.69, 9.17) is 16.3 Å². The van der Waals surface area contributed by atoms with Crippen LogP contribution in [0, 0.1) is 0 Å². The summed E-state index contributed by atoms with van der Waals surface area (Å²) in [5.41, 5.74) is -0.663. The fourth-order valence-corrected chi connectivity index (χ4v) is 1.94. The highest BCUT2D eigenvalue weighted by molar-refractivity contribution is 6.29. The third kappa shape index (κ3) is 2.24. The van der Waals surface area contributed by atoms with Crippen LogP contribution in [0.3, 0.4) is 0 Å². The highest BCUT2D eigenvalue weighted by Crippen LogP contribution is 2.26. The summed E-state index contributed by atoms with van der Waals surface area (Å²) < 4.78 is 5.64. The molecule has 7 heteroatoms. The van der Waals surface area contributed by atoms with Crippen molar-refractivity contribution in [2.45, 2.75) is 5.60 Å². The van der Waals surface area contributed by atoms with Gasteiger partial charge < -0.3 is 15.4 Å². The van der Waals surface area contributed by atoms with Crippen molar-refractivity contribution in [1.29, 1.82) is 0 Å². The number of halogens is 1. The standard InChI is InChI=1S/C10H13ClN4O2/c1-12-9(16)10(5-13-2-3-17-10)7-4-8(11)15-6-14-7/h4,6,13H,2-3,5H2,1H3,(H,12,16). The Morgan fingerprint density at radius 1 is 1.65 bits per heavy atom. The molecule has 1 saturated heterocycles. The molecule has 1 aromatic heterocycles. The molecule has 0 spiro atoms. The molecule has 0 saturated carbocycles. The number of amides is 1. The maximum Gasteiger partial charge on any atom is 0.259 e. The van der Waals surface area contributed by atoms with Gasteiger partial charge in [-0.25, -0.2) is 9.97 Å². The Kier molecular flexibility index (Phi) is 3.56. The Labute approximate surface area is 104 Å². The molecule has 1 unspecified atom stereocenters. The lowest BCUT2D eigenvalue weighted by Crippen LogP contribution is -2.56. The van der Waals surface area contributed by atoms with Crippen molar-refractivity contribution in [2.24, 2.45) is 0 Å². The number of hydrogen-bond acceptors (Lipinski definition) is 5. The predicted octanol–water partition coefficient (Wildman–Crippen LogP) is -0.309. The fourth-order valence-electron chi connectivity index (χ4n) is 1.80. The third-order valence-electron chi connectivity index (χ3n) is 2.64. The molecule has 0 aliphatic carbocycles. The van der Waals surface area contributed by atoms with Crippen molar-refractivity contribution in [1.82, 2.24) is 20.6 Å². The number of likely N-dealkylation sites (N-methyl/N-ethyl adjacent to an activating group) is 1. The summed E-state index contributed by atoms with van der Waals surface area (Å²) >= 11 is 5.82. The average molecular weight is 257 g/mol. The summed E-state index contributed by atoms with van der Waals surface area (Å²) in [5, 5.41) is 5.99. The first-order valence-electron chi connectivity index (χ1n) is 5.24. The summed E-state index contributed by atoms with van der Waals surface area (Å²) in [4.78, 5) is 19.9. The van der Waals surface area contributed by atoms with E-state index in [1.165, 1.54) is 6.33 Å². The van der Waals surface area contributed by atoms with Crippen molar-refractivity contribution in [3.8, 4) is 0 Å². The summed E-state index contributed by atoms with van der Waals surface area (Å²) in [6.45, 7) is 1.51. The van der Waals surface area contributed by atoms with Crippen molar-refractivity contribution in [3.05, 3.63) is 23.2 Å². The van der Waals surface area contributed by atoms with E-state index >= 15 is 0 Å². The molecule has 92 valence electrons. The predicted molar refractivity (Wildman–Crippen MR) is 61.6 cm³/mol. The summed E-state index contributed by atoms with van der Waals surface area (Å²) in [7, 11) is 1.56. The quantitative estimate of drug-likeness (QED) is 0.710. The smallest absolute Gasteiger partial charge is 0.259 e. The van der Waals surface area contributed by atoms with Crippen LogP contribution in [0.2, 0.25) is 5.15 Å². The molecular weight excluding hydrogens is 244 g/mol. The van der Waals surface area contributed by atoms with Crippen LogP contribution in [-0.4, -0.2) is 42.6 Å². The zero-order chi connectivity index (χ0) is 12.3. The summed E-state index contributed by atoms with van der Waals surface area (Å²) in [6, 6.07) is 1.55. The van der Waals surface area contributed by atoms with E-state index in [1.54, 1.807) is 13.1 Å². The van der Waals surface area contributed by atoms with Crippen LogP contribution in [0.5, 0.6) is 0 Å². The van der Waals surface area contributed by atoms with E-state index in [9.17, 15) is 4.79 Å². The molecule has 2 rings (SSSR count). The maximum absolute atomic E-state index is 12.0. The Balaban J connectivity index is 2.42. The van der Waals surface area contributed by atoms with Gasteiger partial charge in [0.25, 0.3) is 5.91 Å². The van der Waals surface area contributed by atoms with Gasteiger partial charge in [-0.2, -0.15) is 0 Å². The first-order valence-corrected chi connectivity index (χ1v) is 5.62. The second-order valence-corrected chi connectivity index (χ2v) is 4.04.